The predicted molar refractivity (Wildman–Crippen MR) is 155 cm³/mol. The summed E-state index contributed by atoms with van der Waals surface area (Å²) in [6, 6.07) is 8.51. The summed E-state index contributed by atoms with van der Waals surface area (Å²) in [7, 11) is -8.05. The van der Waals surface area contributed by atoms with E-state index in [1.807, 2.05) is 11.6 Å². The lowest BCUT2D eigenvalue weighted by Crippen LogP contribution is -2.61. The number of thiazole rings is 1. The van der Waals surface area contributed by atoms with E-state index >= 15 is 0 Å². The van der Waals surface area contributed by atoms with E-state index in [9.17, 15) is 26.4 Å². The summed E-state index contributed by atoms with van der Waals surface area (Å²) >= 11 is 7.25. The molecule has 1 aromatic heterocycles. The molecule has 2 aliphatic heterocycles. The molecule has 2 aliphatic rings. The molecular formula is C24H27Cl2N5O6S3. The van der Waals surface area contributed by atoms with Gasteiger partial charge in [0.15, 0.2) is 5.01 Å². The molecule has 1 saturated heterocycles. The Morgan fingerprint density at radius 1 is 1.10 bits per heavy atom. The number of carbonyl (C=O) groups is 2. The molecule has 3 aromatic rings. The van der Waals surface area contributed by atoms with Gasteiger partial charge in [-0.3, -0.25) is 14.3 Å². The summed E-state index contributed by atoms with van der Waals surface area (Å²) in [5, 5.41) is 5.43. The Bertz CT molecular complexity index is 1700. The van der Waals surface area contributed by atoms with Crippen LogP contribution in [-0.2, 0) is 37.8 Å². The number of aromatic nitrogens is 1. The fourth-order valence-electron chi connectivity index (χ4n) is 4.72. The molecule has 0 aliphatic carbocycles. The van der Waals surface area contributed by atoms with Gasteiger partial charge in [0, 0.05) is 48.5 Å². The predicted octanol–water partition coefficient (Wildman–Crippen LogP) is 2.00. The monoisotopic (exact) mass is 647 g/mol. The summed E-state index contributed by atoms with van der Waals surface area (Å²) in [6.07, 6.45) is 1.47. The van der Waals surface area contributed by atoms with Gasteiger partial charge in [-0.2, -0.15) is 4.31 Å². The van der Waals surface area contributed by atoms with Gasteiger partial charge in [0.2, 0.25) is 20.0 Å². The van der Waals surface area contributed by atoms with Crippen molar-refractivity contribution >= 4 is 78.0 Å². The number of nitrogens with zero attached hydrogens (tertiary/aromatic N) is 3. The van der Waals surface area contributed by atoms with Gasteiger partial charge in [0.05, 0.1) is 16.8 Å². The van der Waals surface area contributed by atoms with Crippen molar-refractivity contribution < 1.29 is 26.4 Å². The Morgan fingerprint density at radius 3 is 2.52 bits per heavy atom. The van der Waals surface area contributed by atoms with E-state index in [4.69, 9.17) is 11.6 Å². The normalized spacial score (nSPS) is 20.0. The quantitative estimate of drug-likeness (QED) is 0.428. The van der Waals surface area contributed by atoms with E-state index in [1.165, 1.54) is 28.4 Å². The van der Waals surface area contributed by atoms with E-state index in [-0.39, 0.29) is 41.4 Å². The molecule has 3 heterocycles. The number of rotatable bonds is 5. The molecule has 216 valence electrons. The minimum absolute atomic E-state index is 0. The van der Waals surface area contributed by atoms with Crippen molar-refractivity contribution in [3.63, 3.8) is 0 Å². The first-order chi connectivity index (χ1) is 18.3. The van der Waals surface area contributed by atoms with Crippen LogP contribution in [0.4, 0.5) is 0 Å². The molecule has 0 radical (unpaired) electrons. The summed E-state index contributed by atoms with van der Waals surface area (Å²) in [5.41, 5.74) is 0.811. The number of amides is 2. The van der Waals surface area contributed by atoms with Crippen molar-refractivity contribution in [3.05, 3.63) is 57.0 Å². The van der Waals surface area contributed by atoms with Gasteiger partial charge in [-0.25, -0.2) is 21.8 Å². The molecule has 5 rings (SSSR count). The Balaban J connectivity index is 0.00000370. The zero-order chi connectivity index (χ0) is 28.1. The lowest BCUT2D eigenvalue weighted by molar-refractivity contribution is -0.125. The van der Waals surface area contributed by atoms with Gasteiger partial charge in [-0.15, -0.1) is 23.7 Å². The summed E-state index contributed by atoms with van der Waals surface area (Å²) in [6.45, 7) is 1.96. The van der Waals surface area contributed by atoms with Crippen LogP contribution < -0.4 is 10.0 Å². The highest BCUT2D eigenvalue weighted by Gasteiger charge is 2.42. The van der Waals surface area contributed by atoms with Crippen LogP contribution in [0.1, 0.15) is 27.3 Å². The van der Waals surface area contributed by atoms with Crippen molar-refractivity contribution in [1.82, 2.24) is 24.2 Å². The van der Waals surface area contributed by atoms with Gasteiger partial charge in [-0.05, 0) is 42.0 Å². The summed E-state index contributed by atoms with van der Waals surface area (Å²) < 4.78 is 53.9. The third kappa shape index (κ3) is 6.27. The van der Waals surface area contributed by atoms with Crippen molar-refractivity contribution in [2.75, 3.05) is 25.9 Å². The van der Waals surface area contributed by atoms with Crippen LogP contribution in [0.2, 0.25) is 5.02 Å². The SMILES string of the molecule is CC1Cc2nc(C(=O)N3CCN(S(=O)(=O)c4ccc5cc(Cl)ccc5c4)CC3C(=O)NS(C)(=O)=O)sc2CN1.Cl. The molecule has 0 spiro atoms. The smallest absolute Gasteiger partial charge is 0.283 e. The van der Waals surface area contributed by atoms with Crippen LogP contribution in [-0.4, -0.2) is 80.8 Å². The van der Waals surface area contributed by atoms with Gasteiger partial charge in [0.1, 0.15) is 6.04 Å². The highest BCUT2D eigenvalue weighted by atomic mass is 35.5. The number of benzene rings is 2. The maximum absolute atomic E-state index is 13.6. The average molecular weight is 649 g/mol. The third-order valence-electron chi connectivity index (χ3n) is 6.68. The number of halogens is 2. The second-order valence-corrected chi connectivity index (χ2v) is 14.9. The van der Waals surface area contributed by atoms with E-state index in [0.717, 1.165) is 26.5 Å². The van der Waals surface area contributed by atoms with Crippen LogP contribution in [0, 0.1) is 0 Å². The molecule has 16 heteroatoms. The van der Waals surface area contributed by atoms with Crippen LogP contribution >= 0.6 is 35.3 Å². The van der Waals surface area contributed by atoms with Gasteiger partial charge in [-0.1, -0.05) is 23.7 Å². The third-order valence-corrected chi connectivity index (χ3v) is 10.4. The number of hydrogen-bond donors (Lipinski definition) is 2. The molecule has 11 nitrogen and oxygen atoms in total. The van der Waals surface area contributed by atoms with Crippen molar-refractivity contribution in [3.8, 4) is 0 Å². The molecule has 0 saturated carbocycles. The van der Waals surface area contributed by atoms with Crippen LogP contribution in [0.25, 0.3) is 10.8 Å². The summed E-state index contributed by atoms with van der Waals surface area (Å²) in [5.74, 6) is -1.54. The maximum Gasteiger partial charge on any atom is 0.283 e. The first kappa shape index (κ1) is 30.6. The van der Waals surface area contributed by atoms with E-state index in [2.05, 4.69) is 10.3 Å². The Hall–Kier alpha value is -2.33. The van der Waals surface area contributed by atoms with E-state index < -0.39 is 44.4 Å². The molecule has 2 amide bonds. The van der Waals surface area contributed by atoms with Gasteiger partial charge < -0.3 is 10.2 Å². The molecule has 0 bridgehead atoms. The molecular weight excluding hydrogens is 621 g/mol. The van der Waals surface area contributed by atoms with Crippen molar-refractivity contribution in [1.29, 1.82) is 0 Å². The average Bonchev–Trinajstić information content (AvgIpc) is 3.29. The molecule has 1 fully saturated rings. The number of fused-ring (bicyclic) bond motifs is 2. The Morgan fingerprint density at radius 2 is 1.80 bits per heavy atom. The van der Waals surface area contributed by atoms with Gasteiger partial charge >= 0.3 is 0 Å². The summed E-state index contributed by atoms with van der Waals surface area (Å²) in [4.78, 5) is 33.2. The molecule has 2 N–H and O–H groups in total. The van der Waals surface area contributed by atoms with Crippen LogP contribution in [0.5, 0.6) is 0 Å². The molecule has 2 unspecified atom stereocenters. The zero-order valence-electron chi connectivity index (χ0n) is 21.5. The van der Waals surface area contributed by atoms with Crippen molar-refractivity contribution in [2.45, 2.75) is 36.9 Å². The zero-order valence-corrected chi connectivity index (χ0v) is 25.5. The first-order valence-electron chi connectivity index (χ1n) is 12.1. The maximum atomic E-state index is 13.6. The van der Waals surface area contributed by atoms with Gasteiger partial charge in [0.25, 0.3) is 11.8 Å². The highest BCUT2D eigenvalue weighted by molar-refractivity contribution is 7.89. The highest BCUT2D eigenvalue weighted by Crippen LogP contribution is 2.28. The number of hydrogen-bond acceptors (Lipinski definition) is 9. The number of sulfonamides is 2. The molecule has 2 aromatic carbocycles. The fraction of sp³-hybridized carbons (Fsp3) is 0.375. The van der Waals surface area contributed by atoms with Crippen LogP contribution in [0.15, 0.2) is 41.3 Å². The lowest BCUT2D eigenvalue weighted by atomic mass is 10.1. The minimum Gasteiger partial charge on any atom is -0.322 e. The second kappa shape index (κ2) is 11.5. The molecule has 40 heavy (non-hydrogen) atoms. The lowest BCUT2D eigenvalue weighted by Gasteiger charge is -2.39. The molecule has 2 atom stereocenters. The second-order valence-electron chi connectivity index (χ2n) is 9.64. The number of carbonyl (C=O) groups excluding carboxylic acids is 2. The largest absolute Gasteiger partial charge is 0.322 e. The first-order valence-corrected chi connectivity index (χ1v) is 16.6. The number of piperazine rings is 1. The van der Waals surface area contributed by atoms with E-state index in [1.54, 1.807) is 24.3 Å². The van der Waals surface area contributed by atoms with Crippen molar-refractivity contribution in [2.24, 2.45) is 0 Å². The Labute approximate surface area is 247 Å². The van der Waals surface area contributed by atoms with E-state index in [0.29, 0.717) is 23.4 Å². The standard InChI is InChI=1S/C24H26ClN5O6S3.ClH/c1-14-9-19-21(12-26-14)37-23(27-19)24(32)30-8-7-29(13-20(30)22(31)28-38(2,33)34)39(35,36)18-6-4-15-10-17(25)5-3-16(15)11-18;/h3-6,10-11,14,20,26H,7-9,12-13H2,1-2H3,(H,28,31);1H. The topological polar surface area (TPSA) is 146 Å². The van der Waals surface area contributed by atoms with Crippen LogP contribution in [0.3, 0.4) is 0 Å². The number of nitrogens with one attached hydrogen (secondary N) is 2. The fourth-order valence-corrected chi connectivity index (χ4v) is 7.87. The Kier molecular flexibility index (Phi) is 8.81. The minimum atomic E-state index is -4.08.